The first-order chi connectivity index (χ1) is 9.15. The van der Waals surface area contributed by atoms with E-state index in [0.29, 0.717) is 6.10 Å². The highest BCUT2D eigenvalue weighted by atomic mass is 16.5. The molecule has 0 aromatic rings. The molecule has 114 valence electrons. The van der Waals surface area contributed by atoms with E-state index in [9.17, 15) is 0 Å². The van der Waals surface area contributed by atoms with E-state index in [1.165, 1.54) is 44.9 Å². The van der Waals surface area contributed by atoms with Crippen LogP contribution in [-0.2, 0) is 4.74 Å². The van der Waals surface area contributed by atoms with Crippen LogP contribution in [0.2, 0.25) is 0 Å². The van der Waals surface area contributed by atoms with E-state index >= 15 is 0 Å². The molecule has 3 unspecified atom stereocenters. The smallest absolute Gasteiger partial charge is 0.0608 e. The van der Waals surface area contributed by atoms with E-state index in [1.54, 1.807) is 0 Å². The fourth-order valence-corrected chi connectivity index (χ4v) is 3.30. The third-order valence-corrected chi connectivity index (χ3v) is 4.61. The fourth-order valence-electron chi connectivity index (χ4n) is 3.30. The molecule has 19 heavy (non-hydrogen) atoms. The summed E-state index contributed by atoms with van der Waals surface area (Å²) in [5.74, 6) is 2.42. The van der Waals surface area contributed by atoms with Gasteiger partial charge in [0.1, 0.15) is 0 Å². The van der Waals surface area contributed by atoms with Crippen molar-refractivity contribution in [1.82, 2.24) is 5.32 Å². The molecule has 0 saturated heterocycles. The summed E-state index contributed by atoms with van der Waals surface area (Å²) in [6.45, 7) is 9.21. The minimum absolute atomic E-state index is 0.529. The second-order valence-electron chi connectivity index (χ2n) is 6.75. The summed E-state index contributed by atoms with van der Waals surface area (Å²) >= 11 is 0. The van der Waals surface area contributed by atoms with Gasteiger partial charge in [-0.1, -0.05) is 40.0 Å². The molecule has 0 aromatic carbocycles. The predicted molar refractivity (Wildman–Crippen MR) is 83.5 cm³/mol. The first-order valence-corrected chi connectivity index (χ1v) is 8.41. The number of rotatable bonds is 9. The maximum atomic E-state index is 6.22. The average Bonchev–Trinajstić information content (AvgIpc) is 2.37. The van der Waals surface area contributed by atoms with Gasteiger partial charge in [-0.2, -0.15) is 0 Å². The largest absolute Gasteiger partial charge is 0.378 e. The monoisotopic (exact) mass is 269 g/mol. The van der Waals surface area contributed by atoms with Crippen molar-refractivity contribution in [2.75, 3.05) is 20.2 Å². The topological polar surface area (TPSA) is 21.3 Å². The summed E-state index contributed by atoms with van der Waals surface area (Å²) in [5.41, 5.74) is 0. The van der Waals surface area contributed by atoms with Gasteiger partial charge in [0.25, 0.3) is 0 Å². The van der Waals surface area contributed by atoms with Gasteiger partial charge >= 0.3 is 0 Å². The van der Waals surface area contributed by atoms with Crippen molar-refractivity contribution in [3.63, 3.8) is 0 Å². The zero-order valence-electron chi connectivity index (χ0n) is 13.6. The van der Waals surface area contributed by atoms with E-state index < -0.39 is 0 Å². The van der Waals surface area contributed by atoms with Crippen LogP contribution >= 0.6 is 0 Å². The Bertz CT molecular complexity index is 217. The zero-order chi connectivity index (χ0) is 14.1. The van der Waals surface area contributed by atoms with Crippen LogP contribution in [0.3, 0.4) is 0 Å². The Morgan fingerprint density at radius 3 is 2.53 bits per heavy atom. The van der Waals surface area contributed by atoms with Gasteiger partial charge in [0.2, 0.25) is 0 Å². The van der Waals surface area contributed by atoms with Crippen LogP contribution in [0.4, 0.5) is 0 Å². The second-order valence-corrected chi connectivity index (χ2v) is 6.75. The Balaban J connectivity index is 2.14. The van der Waals surface area contributed by atoms with Gasteiger partial charge in [0.15, 0.2) is 0 Å². The third-order valence-electron chi connectivity index (χ3n) is 4.61. The van der Waals surface area contributed by atoms with E-state index in [-0.39, 0.29) is 0 Å². The minimum atomic E-state index is 0.529. The van der Waals surface area contributed by atoms with Gasteiger partial charge in [-0.15, -0.1) is 0 Å². The van der Waals surface area contributed by atoms with Gasteiger partial charge in [0.05, 0.1) is 6.10 Å². The molecule has 0 amide bonds. The zero-order valence-corrected chi connectivity index (χ0v) is 13.6. The van der Waals surface area contributed by atoms with Crippen LogP contribution in [0.1, 0.15) is 65.7 Å². The molecule has 2 nitrogen and oxygen atoms in total. The minimum Gasteiger partial charge on any atom is -0.378 e. The van der Waals surface area contributed by atoms with Gasteiger partial charge in [-0.05, 0) is 57.0 Å². The molecule has 1 aliphatic carbocycles. The molecule has 1 saturated carbocycles. The number of unbranched alkanes of at least 4 members (excludes halogenated alkanes) is 3. The van der Waals surface area contributed by atoms with E-state index in [2.05, 4.69) is 26.1 Å². The van der Waals surface area contributed by atoms with E-state index in [0.717, 1.165) is 30.9 Å². The van der Waals surface area contributed by atoms with Gasteiger partial charge in [0, 0.05) is 6.61 Å². The van der Waals surface area contributed by atoms with E-state index in [4.69, 9.17) is 4.74 Å². The van der Waals surface area contributed by atoms with Crippen molar-refractivity contribution >= 4 is 0 Å². The normalized spacial score (nSPS) is 27.9. The summed E-state index contributed by atoms with van der Waals surface area (Å²) in [6.07, 6.45) is 9.75. The molecule has 0 aliphatic heterocycles. The van der Waals surface area contributed by atoms with Crippen LogP contribution in [0.25, 0.3) is 0 Å². The molecule has 0 aromatic heterocycles. The van der Waals surface area contributed by atoms with Crippen LogP contribution in [0, 0.1) is 17.8 Å². The van der Waals surface area contributed by atoms with Crippen molar-refractivity contribution in [2.24, 2.45) is 17.8 Å². The lowest BCUT2D eigenvalue weighted by Gasteiger charge is -2.37. The molecule has 3 atom stereocenters. The van der Waals surface area contributed by atoms with Crippen molar-refractivity contribution in [3.8, 4) is 0 Å². The van der Waals surface area contributed by atoms with Crippen molar-refractivity contribution < 1.29 is 4.74 Å². The summed E-state index contributed by atoms with van der Waals surface area (Å²) in [7, 11) is 2.03. The quantitative estimate of drug-likeness (QED) is 0.632. The Morgan fingerprint density at radius 2 is 1.84 bits per heavy atom. The summed E-state index contributed by atoms with van der Waals surface area (Å²) in [5, 5.41) is 3.20. The predicted octanol–water partition coefficient (Wildman–Crippen LogP) is 4.24. The number of hydrogen-bond acceptors (Lipinski definition) is 2. The molecule has 1 fully saturated rings. The molecule has 0 spiro atoms. The average molecular weight is 269 g/mol. The molecule has 1 rings (SSSR count). The molecule has 0 radical (unpaired) electrons. The Kier molecular flexibility index (Phi) is 8.72. The lowest BCUT2D eigenvalue weighted by atomic mass is 9.75. The van der Waals surface area contributed by atoms with Gasteiger partial charge in [-0.3, -0.25) is 0 Å². The molecular weight excluding hydrogens is 234 g/mol. The van der Waals surface area contributed by atoms with Crippen LogP contribution in [0.5, 0.6) is 0 Å². The SMILES string of the molecule is CNCCCCCCOC1CC(C)CCC1C(C)C. The number of ether oxygens (including phenoxy) is 1. The molecule has 0 bridgehead atoms. The Labute approximate surface area is 120 Å². The van der Waals surface area contributed by atoms with Crippen LogP contribution < -0.4 is 5.32 Å². The lowest BCUT2D eigenvalue weighted by molar-refractivity contribution is -0.0394. The molecule has 1 aliphatic rings. The van der Waals surface area contributed by atoms with Crippen LogP contribution in [0.15, 0.2) is 0 Å². The summed E-state index contributed by atoms with van der Waals surface area (Å²) in [6, 6.07) is 0. The van der Waals surface area contributed by atoms with Gasteiger partial charge < -0.3 is 10.1 Å². The highest BCUT2D eigenvalue weighted by Gasteiger charge is 2.31. The second kappa shape index (κ2) is 9.77. The fraction of sp³-hybridized carbons (Fsp3) is 1.00. The molecule has 1 N–H and O–H groups in total. The maximum Gasteiger partial charge on any atom is 0.0608 e. The summed E-state index contributed by atoms with van der Waals surface area (Å²) in [4.78, 5) is 0. The number of nitrogens with one attached hydrogen (secondary N) is 1. The lowest BCUT2D eigenvalue weighted by Crippen LogP contribution is -2.34. The molecule has 0 heterocycles. The first-order valence-electron chi connectivity index (χ1n) is 8.41. The van der Waals surface area contributed by atoms with E-state index in [1.807, 2.05) is 7.05 Å². The van der Waals surface area contributed by atoms with Crippen molar-refractivity contribution in [1.29, 1.82) is 0 Å². The van der Waals surface area contributed by atoms with Gasteiger partial charge in [-0.25, -0.2) is 0 Å². The van der Waals surface area contributed by atoms with Crippen LogP contribution in [-0.4, -0.2) is 26.3 Å². The van der Waals surface area contributed by atoms with Crippen molar-refractivity contribution in [3.05, 3.63) is 0 Å². The summed E-state index contributed by atoms with van der Waals surface area (Å²) < 4.78 is 6.22. The number of hydrogen-bond donors (Lipinski definition) is 1. The molecular formula is C17H35NO. The first kappa shape index (κ1) is 17.0. The molecule has 2 heteroatoms. The standard InChI is InChI=1S/C17H35NO/c1-14(2)16-10-9-15(3)13-17(16)19-12-8-6-5-7-11-18-4/h14-18H,5-13H2,1-4H3. The van der Waals surface area contributed by atoms with Crippen molar-refractivity contribution in [2.45, 2.75) is 71.8 Å². The Morgan fingerprint density at radius 1 is 1.11 bits per heavy atom. The third kappa shape index (κ3) is 6.76. The highest BCUT2D eigenvalue weighted by Crippen LogP contribution is 2.35. The maximum absolute atomic E-state index is 6.22. The Hall–Kier alpha value is -0.0800. The highest BCUT2D eigenvalue weighted by molar-refractivity contribution is 4.81.